The van der Waals surface area contributed by atoms with Crippen LogP contribution in [0.1, 0.15) is 36.5 Å². The Morgan fingerprint density at radius 2 is 1.60 bits per heavy atom. The molecule has 0 spiro atoms. The highest BCUT2D eigenvalue weighted by atomic mass is 16.2. The van der Waals surface area contributed by atoms with Gasteiger partial charge in [-0.25, -0.2) is 0 Å². The molecule has 0 atom stereocenters. The number of para-hydroxylation sites is 1. The molecule has 2 amide bonds. The van der Waals surface area contributed by atoms with Gasteiger partial charge in [-0.1, -0.05) is 42.8 Å². The number of carbonyl (C=O) groups is 2. The molecule has 1 aliphatic carbocycles. The van der Waals surface area contributed by atoms with E-state index in [2.05, 4.69) is 10.6 Å². The van der Waals surface area contributed by atoms with Gasteiger partial charge in [0, 0.05) is 11.4 Å². The first-order valence-corrected chi connectivity index (χ1v) is 8.74. The van der Waals surface area contributed by atoms with Crippen molar-refractivity contribution in [3.8, 4) is 0 Å². The summed E-state index contributed by atoms with van der Waals surface area (Å²) in [4.78, 5) is 25.5. The number of anilines is 2. The van der Waals surface area contributed by atoms with Crippen LogP contribution in [0.3, 0.4) is 0 Å². The number of benzene rings is 2. The maximum atomic E-state index is 12.8. The van der Waals surface area contributed by atoms with E-state index in [0.29, 0.717) is 12.8 Å². The van der Waals surface area contributed by atoms with Crippen molar-refractivity contribution >= 4 is 23.2 Å². The van der Waals surface area contributed by atoms with E-state index in [1.54, 1.807) is 0 Å². The zero-order valence-electron chi connectivity index (χ0n) is 15.0. The fourth-order valence-corrected chi connectivity index (χ4v) is 3.07. The molecule has 4 nitrogen and oxygen atoms in total. The largest absolute Gasteiger partial charge is 0.325 e. The Morgan fingerprint density at radius 1 is 0.960 bits per heavy atom. The highest BCUT2D eigenvalue weighted by Gasteiger charge is 2.56. The van der Waals surface area contributed by atoms with Crippen LogP contribution in [0.15, 0.2) is 42.5 Å². The van der Waals surface area contributed by atoms with E-state index in [1.807, 2.05) is 63.2 Å². The average molecular weight is 336 g/mol. The predicted octanol–water partition coefficient (Wildman–Crippen LogP) is 4.22. The first kappa shape index (κ1) is 17.2. The first-order valence-electron chi connectivity index (χ1n) is 8.74. The average Bonchev–Trinajstić information content (AvgIpc) is 3.40. The van der Waals surface area contributed by atoms with E-state index >= 15 is 0 Å². The molecule has 25 heavy (non-hydrogen) atoms. The fraction of sp³-hybridized carbons (Fsp3) is 0.333. The van der Waals surface area contributed by atoms with E-state index in [-0.39, 0.29) is 11.8 Å². The Labute approximate surface area is 148 Å². The molecule has 0 unspecified atom stereocenters. The molecule has 0 heterocycles. The lowest BCUT2D eigenvalue weighted by Gasteiger charge is -2.18. The van der Waals surface area contributed by atoms with Gasteiger partial charge in [-0.05, 0) is 56.4 Å². The van der Waals surface area contributed by atoms with Crippen LogP contribution >= 0.6 is 0 Å². The zero-order chi connectivity index (χ0) is 18.0. The van der Waals surface area contributed by atoms with Crippen molar-refractivity contribution in [3.63, 3.8) is 0 Å². The van der Waals surface area contributed by atoms with Crippen molar-refractivity contribution in [3.05, 3.63) is 59.2 Å². The van der Waals surface area contributed by atoms with E-state index in [0.717, 1.165) is 34.5 Å². The lowest BCUT2D eigenvalue weighted by atomic mass is 10.0. The predicted molar refractivity (Wildman–Crippen MR) is 101 cm³/mol. The molecule has 2 aromatic rings. The molecule has 4 heteroatoms. The monoisotopic (exact) mass is 336 g/mol. The van der Waals surface area contributed by atoms with Gasteiger partial charge in [0.2, 0.25) is 11.8 Å². The van der Waals surface area contributed by atoms with Gasteiger partial charge in [-0.3, -0.25) is 9.59 Å². The zero-order valence-corrected chi connectivity index (χ0v) is 15.0. The number of hydrogen-bond donors (Lipinski definition) is 2. The van der Waals surface area contributed by atoms with Gasteiger partial charge in [-0.15, -0.1) is 0 Å². The summed E-state index contributed by atoms with van der Waals surface area (Å²) in [6.45, 7) is 6.02. The quantitative estimate of drug-likeness (QED) is 0.803. The number of hydrogen-bond acceptors (Lipinski definition) is 2. The summed E-state index contributed by atoms with van der Waals surface area (Å²) >= 11 is 0. The SMILES string of the molecule is CCc1ccccc1NC(=O)C1(C(=O)Nc2ccc(C)cc2C)CC1. The maximum absolute atomic E-state index is 12.8. The van der Waals surface area contributed by atoms with E-state index < -0.39 is 5.41 Å². The second-order valence-electron chi connectivity index (χ2n) is 6.82. The number of aryl methyl sites for hydroxylation is 3. The number of rotatable bonds is 5. The van der Waals surface area contributed by atoms with Crippen molar-refractivity contribution in [2.75, 3.05) is 10.6 Å². The summed E-state index contributed by atoms with van der Waals surface area (Å²) in [6.07, 6.45) is 2.01. The van der Waals surface area contributed by atoms with Gasteiger partial charge in [0.15, 0.2) is 0 Å². The fourth-order valence-electron chi connectivity index (χ4n) is 3.07. The van der Waals surface area contributed by atoms with Crippen LogP contribution in [-0.4, -0.2) is 11.8 Å². The van der Waals surface area contributed by atoms with Gasteiger partial charge in [-0.2, -0.15) is 0 Å². The molecule has 1 fully saturated rings. The van der Waals surface area contributed by atoms with Gasteiger partial charge in [0.05, 0.1) is 0 Å². The normalized spacial score (nSPS) is 14.7. The number of amides is 2. The summed E-state index contributed by atoms with van der Waals surface area (Å²) in [7, 11) is 0. The van der Waals surface area contributed by atoms with E-state index in [1.165, 1.54) is 0 Å². The molecule has 0 bridgehead atoms. The molecule has 1 saturated carbocycles. The highest BCUT2D eigenvalue weighted by molar-refractivity contribution is 6.17. The van der Waals surface area contributed by atoms with E-state index in [4.69, 9.17) is 0 Å². The molecule has 3 rings (SSSR count). The van der Waals surface area contributed by atoms with Crippen LogP contribution in [0.4, 0.5) is 11.4 Å². The maximum Gasteiger partial charge on any atom is 0.240 e. The third kappa shape index (κ3) is 3.43. The van der Waals surface area contributed by atoms with Crippen LogP contribution in [0.5, 0.6) is 0 Å². The van der Waals surface area contributed by atoms with Gasteiger partial charge >= 0.3 is 0 Å². The Bertz CT molecular complexity index is 822. The van der Waals surface area contributed by atoms with Crippen LogP contribution in [0, 0.1) is 19.3 Å². The molecule has 2 N–H and O–H groups in total. The summed E-state index contributed by atoms with van der Waals surface area (Å²) in [5.74, 6) is -0.429. The Balaban J connectivity index is 1.74. The minimum Gasteiger partial charge on any atom is -0.325 e. The van der Waals surface area contributed by atoms with Crippen LogP contribution in [0.2, 0.25) is 0 Å². The molecule has 1 aliphatic rings. The molecular formula is C21H24N2O2. The second-order valence-corrected chi connectivity index (χ2v) is 6.82. The summed E-state index contributed by atoms with van der Waals surface area (Å²) in [6, 6.07) is 13.6. The van der Waals surface area contributed by atoms with E-state index in [9.17, 15) is 9.59 Å². The summed E-state index contributed by atoms with van der Waals surface area (Å²) in [5.41, 5.74) is 3.83. The van der Waals surface area contributed by atoms with Crippen LogP contribution in [0.25, 0.3) is 0 Å². The number of carbonyl (C=O) groups excluding carboxylic acids is 2. The van der Waals surface area contributed by atoms with Crippen LogP contribution < -0.4 is 10.6 Å². The smallest absolute Gasteiger partial charge is 0.240 e. The topological polar surface area (TPSA) is 58.2 Å². The molecule has 2 aromatic carbocycles. The van der Waals surface area contributed by atoms with Crippen molar-refractivity contribution in [1.29, 1.82) is 0 Å². The molecule has 0 aromatic heterocycles. The Morgan fingerprint density at radius 3 is 2.20 bits per heavy atom. The highest BCUT2D eigenvalue weighted by Crippen LogP contribution is 2.47. The first-order chi connectivity index (χ1) is 12.0. The van der Waals surface area contributed by atoms with Crippen molar-refractivity contribution in [2.24, 2.45) is 5.41 Å². The lowest BCUT2D eigenvalue weighted by molar-refractivity contribution is -0.131. The van der Waals surface area contributed by atoms with Crippen molar-refractivity contribution < 1.29 is 9.59 Å². The third-order valence-electron chi connectivity index (χ3n) is 4.90. The minimum absolute atomic E-state index is 0.212. The second kappa shape index (κ2) is 6.71. The minimum atomic E-state index is -0.946. The molecule has 0 aliphatic heterocycles. The summed E-state index contributed by atoms with van der Waals surface area (Å²) < 4.78 is 0. The molecular weight excluding hydrogens is 312 g/mol. The number of nitrogens with one attached hydrogen (secondary N) is 2. The Kier molecular flexibility index (Phi) is 4.62. The standard InChI is InChI=1S/C21H24N2O2/c1-4-16-7-5-6-8-18(16)23-20(25)21(11-12-21)19(24)22-17-10-9-14(2)13-15(17)3/h5-10,13H,4,11-12H2,1-3H3,(H,22,24)(H,23,25). The molecule has 0 saturated heterocycles. The third-order valence-corrected chi connectivity index (χ3v) is 4.90. The summed E-state index contributed by atoms with van der Waals surface area (Å²) in [5, 5.41) is 5.89. The Hall–Kier alpha value is -2.62. The van der Waals surface area contributed by atoms with Crippen molar-refractivity contribution in [2.45, 2.75) is 40.0 Å². The van der Waals surface area contributed by atoms with Crippen LogP contribution in [-0.2, 0) is 16.0 Å². The van der Waals surface area contributed by atoms with Gasteiger partial charge in [0.1, 0.15) is 5.41 Å². The lowest BCUT2D eigenvalue weighted by Crippen LogP contribution is -2.36. The molecule has 130 valence electrons. The van der Waals surface area contributed by atoms with Gasteiger partial charge < -0.3 is 10.6 Å². The van der Waals surface area contributed by atoms with Gasteiger partial charge in [0.25, 0.3) is 0 Å². The molecule has 0 radical (unpaired) electrons. The van der Waals surface area contributed by atoms with Crippen molar-refractivity contribution in [1.82, 2.24) is 0 Å².